The van der Waals surface area contributed by atoms with Crippen LogP contribution in [0.25, 0.3) is 0 Å². The molecule has 4 N–H and O–H groups in total. The Hall–Kier alpha value is -4.03. The van der Waals surface area contributed by atoms with E-state index in [1.54, 1.807) is 66.7 Å². The Morgan fingerprint density at radius 1 is 0.623 bits per heavy atom. The summed E-state index contributed by atoms with van der Waals surface area (Å²) in [5.41, 5.74) is 0.549. The van der Waals surface area contributed by atoms with Crippen molar-refractivity contribution >= 4 is 26.0 Å². The number of esters is 3. The molecule has 0 aromatic heterocycles. The van der Waals surface area contributed by atoms with Crippen LogP contribution in [0.4, 0.5) is 0 Å². The normalized spacial score (nSPS) is 28.8. The second kappa shape index (κ2) is 18.3. The van der Waals surface area contributed by atoms with Gasteiger partial charge in [-0.05, 0) is 42.4 Å². The SMILES string of the molecule is C[Si](C)(C)CCO[C@@H]1O[C@H](COC(=O)c2ccccc2)[C@H](O[C@H]2O[C@H](CO)[C@H](O)[C@H](O)[C@H]2O)[C@H](OC(=O)c2ccccc2)[C@H]1OC(=O)c1ccccc1. The molecular weight excluding hydrogens is 708 g/mol. The van der Waals surface area contributed by atoms with Crippen LogP contribution in [0.2, 0.25) is 25.7 Å². The highest BCUT2D eigenvalue weighted by molar-refractivity contribution is 6.76. The van der Waals surface area contributed by atoms with Crippen LogP contribution in [-0.4, -0.2) is 128 Å². The van der Waals surface area contributed by atoms with E-state index in [0.717, 1.165) is 0 Å². The van der Waals surface area contributed by atoms with Crippen molar-refractivity contribution in [1.82, 2.24) is 0 Å². The van der Waals surface area contributed by atoms with Gasteiger partial charge in [0, 0.05) is 14.7 Å². The van der Waals surface area contributed by atoms with Gasteiger partial charge in [0.25, 0.3) is 0 Å². The fourth-order valence-electron chi connectivity index (χ4n) is 5.73. The molecule has 2 aliphatic heterocycles. The molecule has 14 nitrogen and oxygen atoms in total. The molecule has 0 bridgehead atoms. The van der Waals surface area contributed by atoms with E-state index in [9.17, 15) is 34.8 Å². The van der Waals surface area contributed by atoms with Gasteiger partial charge in [0.15, 0.2) is 24.8 Å². The molecule has 0 radical (unpaired) electrons. The second-order valence-corrected chi connectivity index (χ2v) is 19.6. The van der Waals surface area contributed by atoms with E-state index in [0.29, 0.717) is 6.04 Å². The van der Waals surface area contributed by atoms with Crippen molar-refractivity contribution in [1.29, 1.82) is 0 Å². The summed E-state index contributed by atoms with van der Waals surface area (Å²) < 4.78 is 42.2. The Labute approximate surface area is 308 Å². The predicted molar refractivity (Wildman–Crippen MR) is 189 cm³/mol. The third-order valence-corrected chi connectivity index (χ3v) is 10.5. The van der Waals surface area contributed by atoms with Gasteiger partial charge < -0.3 is 53.6 Å². The van der Waals surface area contributed by atoms with Crippen molar-refractivity contribution in [2.75, 3.05) is 19.8 Å². The molecule has 0 spiro atoms. The summed E-state index contributed by atoms with van der Waals surface area (Å²) in [6.07, 6.45) is -15.8. The van der Waals surface area contributed by atoms with Gasteiger partial charge >= 0.3 is 17.9 Å². The maximum atomic E-state index is 13.8. The van der Waals surface area contributed by atoms with E-state index in [1.807, 2.05) is 0 Å². The van der Waals surface area contributed by atoms with E-state index in [1.165, 1.54) is 24.3 Å². The molecule has 15 heteroatoms. The molecule has 0 saturated carbocycles. The minimum absolute atomic E-state index is 0.141. The summed E-state index contributed by atoms with van der Waals surface area (Å²) in [6, 6.07) is 24.9. The molecule has 0 amide bonds. The van der Waals surface area contributed by atoms with Crippen LogP contribution in [0.1, 0.15) is 31.1 Å². The topological polar surface area (TPSA) is 197 Å². The lowest BCUT2D eigenvalue weighted by molar-refractivity contribution is -0.357. The van der Waals surface area contributed by atoms with E-state index in [2.05, 4.69) is 19.6 Å². The van der Waals surface area contributed by atoms with Crippen LogP contribution in [0, 0.1) is 0 Å². The Morgan fingerprint density at radius 2 is 1.11 bits per heavy atom. The Morgan fingerprint density at radius 3 is 1.62 bits per heavy atom. The maximum Gasteiger partial charge on any atom is 0.338 e. The quantitative estimate of drug-likeness (QED) is 0.106. The first kappa shape index (κ1) is 40.2. The fraction of sp³-hybridized carbons (Fsp3) is 0.447. The zero-order valence-corrected chi connectivity index (χ0v) is 30.6. The van der Waals surface area contributed by atoms with Crippen LogP contribution in [0.15, 0.2) is 91.0 Å². The van der Waals surface area contributed by atoms with Gasteiger partial charge in [-0.2, -0.15) is 0 Å². The van der Waals surface area contributed by atoms with E-state index >= 15 is 0 Å². The van der Waals surface area contributed by atoms with Crippen LogP contribution in [0.5, 0.6) is 0 Å². The van der Waals surface area contributed by atoms with Crippen molar-refractivity contribution in [3.05, 3.63) is 108 Å². The Kier molecular flexibility index (Phi) is 13.9. The number of hydrogen-bond acceptors (Lipinski definition) is 14. The molecule has 10 atom stereocenters. The second-order valence-electron chi connectivity index (χ2n) is 14.0. The summed E-state index contributed by atoms with van der Waals surface area (Å²) in [5, 5.41) is 41.9. The van der Waals surface area contributed by atoms with Gasteiger partial charge in [0.05, 0.1) is 23.3 Å². The first-order valence-electron chi connectivity index (χ1n) is 17.3. The van der Waals surface area contributed by atoms with Gasteiger partial charge in [-0.1, -0.05) is 74.2 Å². The van der Waals surface area contributed by atoms with E-state index < -0.39 is 101 Å². The third-order valence-electron chi connectivity index (χ3n) is 8.76. The van der Waals surface area contributed by atoms with Crippen molar-refractivity contribution < 1.29 is 68.0 Å². The molecule has 286 valence electrons. The molecule has 2 heterocycles. The smallest absolute Gasteiger partial charge is 0.338 e. The summed E-state index contributed by atoms with van der Waals surface area (Å²) in [5.74, 6) is -2.37. The summed E-state index contributed by atoms with van der Waals surface area (Å²) in [6.45, 7) is 5.35. The Balaban J connectivity index is 1.56. The average Bonchev–Trinajstić information content (AvgIpc) is 3.16. The van der Waals surface area contributed by atoms with Gasteiger partial charge in [0.1, 0.15) is 43.2 Å². The third kappa shape index (κ3) is 10.6. The summed E-state index contributed by atoms with van der Waals surface area (Å²) in [4.78, 5) is 40.5. The molecule has 3 aromatic carbocycles. The summed E-state index contributed by atoms with van der Waals surface area (Å²) in [7, 11) is -1.67. The van der Waals surface area contributed by atoms with Gasteiger partial charge in [-0.25, -0.2) is 14.4 Å². The minimum atomic E-state index is -1.87. The zero-order valence-electron chi connectivity index (χ0n) is 29.6. The zero-order chi connectivity index (χ0) is 38.1. The lowest BCUT2D eigenvalue weighted by Crippen LogP contribution is -2.66. The molecule has 2 saturated heterocycles. The number of benzene rings is 3. The highest BCUT2D eigenvalue weighted by Crippen LogP contribution is 2.34. The predicted octanol–water partition coefficient (Wildman–Crippen LogP) is 2.56. The number of aliphatic hydroxyl groups excluding tert-OH is 4. The Bertz CT molecular complexity index is 1620. The maximum absolute atomic E-state index is 13.8. The number of aliphatic hydroxyl groups is 4. The van der Waals surface area contributed by atoms with Crippen LogP contribution in [-0.2, 0) is 33.2 Å². The molecule has 53 heavy (non-hydrogen) atoms. The van der Waals surface area contributed by atoms with Gasteiger partial charge in [-0.3, -0.25) is 0 Å². The number of hydrogen-bond donors (Lipinski definition) is 4. The lowest BCUT2D eigenvalue weighted by Gasteiger charge is -2.47. The van der Waals surface area contributed by atoms with Crippen LogP contribution >= 0.6 is 0 Å². The number of carbonyl (C=O) groups excluding carboxylic acids is 3. The van der Waals surface area contributed by atoms with Crippen molar-refractivity contribution in [3.8, 4) is 0 Å². The fourth-order valence-corrected chi connectivity index (χ4v) is 6.46. The first-order chi connectivity index (χ1) is 25.4. The van der Waals surface area contributed by atoms with Crippen molar-refractivity contribution in [2.45, 2.75) is 87.1 Å². The average molecular weight is 755 g/mol. The van der Waals surface area contributed by atoms with Crippen LogP contribution in [0.3, 0.4) is 0 Å². The largest absolute Gasteiger partial charge is 0.459 e. The van der Waals surface area contributed by atoms with E-state index in [4.69, 9.17) is 33.2 Å². The van der Waals surface area contributed by atoms with Crippen molar-refractivity contribution in [3.63, 3.8) is 0 Å². The standard InChI is InChI=1S/C38H46O14Si/c1-53(2,3)20-19-46-38-33(51-36(45)25-17-11-6-12-18-25)32(50-35(44)24-15-9-5-10-16-24)31(52-37-30(42)29(41)28(40)26(21-39)48-37)27(49-38)22-47-34(43)23-13-7-4-8-14-23/h4-18,26-33,37-42H,19-22H2,1-3H3/t26-,27-,28+,29+,30-,31+,32+,33-,37-,38-/m1/s1. The van der Waals surface area contributed by atoms with Crippen LogP contribution < -0.4 is 0 Å². The molecule has 5 rings (SSSR count). The number of carbonyl (C=O) groups is 3. The van der Waals surface area contributed by atoms with Crippen molar-refractivity contribution in [2.24, 2.45) is 0 Å². The number of rotatable bonds is 14. The molecule has 2 aliphatic rings. The monoisotopic (exact) mass is 754 g/mol. The molecule has 0 unspecified atom stereocenters. The molecule has 0 aliphatic carbocycles. The molecule has 3 aromatic rings. The minimum Gasteiger partial charge on any atom is -0.459 e. The highest BCUT2D eigenvalue weighted by Gasteiger charge is 2.55. The molecule has 2 fully saturated rings. The lowest BCUT2D eigenvalue weighted by atomic mass is 9.96. The first-order valence-corrected chi connectivity index (χ1v) is 21.0. The van der Waals surface area contributed by atoms with Gasteiger partial charge in [-0.15, -0.1) is 0 Å². The van der Waals surface area contributed by atoms with E-state index in [-0.39, 0.29) is 23.3 Å². The number of ether oxygens (including phenoxy) is 7. The summed E-state index contributed by atoms with van der Waals surface area (Å²) >= 11 is 0. The molecular formula is C38H46O14Si. The van der Waals surface area contributed by atoms with Gasteiger partial charge in [0.2, 0.25) is 0 Å². The highest BCUT2D eigenvalue weighted by atomic mass is 28.3.